The van der Waals surface area contributed by atoms with Gasteiger partial charge in [-0.2, -0.15) is 0 Å². The van der Waals surface area contributed by atoms with Gasteiger partial charge in [0, 0.05) is 24.5 Å². The number of aromatic nitrogens is 2. The van der Waals surface area contributed by atoms with Crippen molar-refractivity contribution in [2.24, 2.45) is 0 Å². The van der Waals surface area contributed by atoms with Gasteiger partial charge in [0.25, 0.3) is 5.91 Å². The summed E-state index contributed by atoms with van der Waals surface area (Å²) in [6.07, 6.45) is 3.36. The summed E-state index contributed by atoms with van der Waals surface area (Å²) in [7, 11) is -3.68. The van der Waals surface area contributed by atoms with Gasteiger partial charge < -0.3 is 14.7 Å². The number of amides is 1. The molecule has 0 fully saturated rings. The van der Waals surface area contributed by atoms with E-state index in [0.29, 0.717) is 29.9 Å². The van der Waals surface area contributed by atoms with Crippen molar-refractivity contribution in [1.82, 2.24) is 15.3 Å². The number of carbonyl (C=O) groups is 1. The summed E-state index contributed by atoms with van der Waals surface area (Å²) in [5.74, 6) is 0.289. The number of nitrogens with zero attached hydrogens (tertiary/aromatic N) is 2. The highest BCUT2D eigenvalue weighted by Gasteiger charge is 2.22. The van der Waals surface area contributed by atoms with Crippen LogP contribution in [-0.4, -0.2) is 26.9 Å². The third kappa shape index (κ3) is 6.82. The summed E-state index contributed by atoms with van der Waals surface area (Å²) in [5, 5.41) is 2.83. The Kier molecular flexibility index (Phi) is 7.69. The molecule has 162 valence electrons. The molecule has 2 aromatic carbocycles. The molecule has 3 rings (SSSR count). The van der Waals surface area contributed by atoms with E-state index in [1.807, 2.05) is 49.4 Å². The molecule has 0 bridgehead atoms. The molecule has 31 heavy (non-hydrogen) atoms. The van der Waals surface area contributed by atoms with E-state index < -0.39 is 7.60 Å². The molecule has 0 aliphatic carbocycles. The van der Waals surface area contributed by atoms with Crippen molar-refractivity contribution in [3.8, 4) is 11.4 Å². The van der Waals surface area contributed by atoms with Crippen LogP contribution in [0.3, 0.4) is 0 Å². The molecule has 2 unspecified atom stereocenters. The van der Waals surface area contributed by atoms with Crippen LogP contribution in [0.1, 0.15) is 41.8 Å². The second-order valence-electron chi connectivity index (χ2n) is 7.28. The fraction of sp³-hybridized carbons (Fsp3) is 0.261. The first kappa shape index (κ1) is 22.8. The summed E-state index contributed by atoms with van der Waals surface area (Å²) >= 11 is 0. The second kappa shape index (κ2) is 10.4. The Bertz CT molecular complexity index is 1040. The van der Waals surface area contributed by atoms with Gasteiger partial charge in [-0.25, -0.2) is 9.97 Å². The Hall–Kier alpha value is -2.86. The lowest BCUT2D eigenvalue weighted by molar-refractivity contribution is 0.0950. The van der Waals surface area contributed by atoms with Crippen LogP contribution < -0.4 is 5.32 Å². The molecule has 0 aliphatic heterocycles. The minimum absolute atomic E-state index is 0.0465. The molecule has 3 aromatic rings. The molecule has 2 atom stereocenters. The average molecular weight is 439 g/mol. The summed E-state index contributed by atoms with van der Waals surface area (Å²) in [6, 6.07) is 16.7. The van der Waals surface area contributed by atoms with Crippen LogP contribution in [0, 0.1) is 0 Å². The summed E-state index contributed by atoms with van der Waals surface area (Å²) in [5.41, 5.74) is 2.83. The first-order valence-corrected chi connectivity index (χ1v) is 11.9. The molecule has 0 spiro atoms. The molecule has 0 saturated carbocycles. The number of nitrogens with one attached hydrogen (secondary N) is 1. The third-order valence-electron chi connectivity index (χ3n) is 4.72. The molecule has 1 aromatic heterocycles. The number of rotatable bonds is 9. The van der Waals surface area contributed by atoms with Gasteiger partial charge >= 0.3 is 7.60 Å². The lowest BCUT2D eigenvalue weighted by atomic mass is 10.1. The van der Waals surface area contributed by atoms with Gasteiger partial charge in [-0.15, -0.1) is 0 Å². The minimum atomic E-state index is -3.68. The number of carbonyl (C=O) groups excluding carboxylic acids is 1. The zero-order valence-electron chi connectivity index (χ0n) is 17.6. The summed E-state index contributed by atoms with van der Waals surface area (Å²) in [4.78, 5) is 30.9. The van der Waals surface area contributed by atoms with E-state index in [9.17, 15) is 14.3 Å². The van der Waals surface area contributed by atoms with Gasteiger partial charge in [0.15, 0.2) is 5.82 Å². The van der Waals surface area contributed by atoms with Gasteiger partial charge in [-0.05, 0) is 24.5 Å². The van der Waals surface area contributed by atoms with Gasteiger partial charge in [-0.3, -0.25) is 9.36 Å². The fourth-order valence-corrected chi connectivity index (χ4v) is 4.31. The van der Waals surface area contributed by atoms with Crippen LogP contribution in [0.4, 0.5) is 0 Å². The van der Waals surface area contributed by atoms with Crippen LogP contribution in [0.5, 0.6) is 0 Å². The minimum Gasteiger partial charge on any atom is -0.348 e. The largest absolute Gasteiger partial charge is 0.348 e. The zero-order chi connectivity index (χ0) is 22.3. The van der Waals surface area contributed by atoms with Crippen molar-refractivity contribution in [1.29, 1.82) is 0 Å². The molecule has 2 N–H and O–H groups in total. The van der Waals surface area contributed by atoms with Crippen molar-refractivity contribution < 1.29 is 18.8 Å². The Morgan fingerprint density at radius 2 is 1.68 bits per heavy atom. The maximum atomic E-state index is 12.4. The van der Waals surface area contributed by atoms with E-state index >= 15 is 0 Å². The molecule has 0 aliphatic rings. The fourth-order valence-electron chi connectivity index (χ4n) is 2.85. The van der Waals surface area contributed by atoms with Crippen molar-refractivity contribution >= 4 is 13.5 Å². The molecule has 1 heterocycles. The van der Waals surface area contributed by atoms with E-state index in [1.165, 1.54) is 12.4 Å². The van der Waals surface area contributed by atoms with E-state index in [2.05, 4.69) is 15.3 Å². The van der Waals surface area contributed by atoms with Crippen molar-refractivity contribution in [2.75, 3.05) is 0 Å². The quantitative estimate of drug-likeness (QED) is 0.474. The predicted octanol–water partition coefficient (Wildman–Crippen LogP) is 4.57. The van der Waals surface area contributed by atoms with Gasteiger partial charge in [0.1, 0.15) is 0 Å². The van der Waals surface area contributed by atoms with E-state index in [-0.39, 0.29) is 18.2 Å². The molecular formula is C23H26N3O4P. The second-order valence-corrected chi connectivity index (χ2v) is 9.08. The van der Waals surface area contributed by atoms with Gasteiger partial charge in [0.05, 0.1) is 17.8 Å². The average Bonchev–Trinajstić information content (AvgIpc) is 2.78. The number of hydrogen-bond donors (Lipinski definition) is 2. The van der Waals surface area contributed by atoms with Crippen LogP contribution in [0.2, 0.25) is 0 Å². The molecule has 0 radical (unpaired) electrons. The first-order valence-electron chi connectivity index (χ1n) is 10.1. The monoisotopic (exact) mass is 439 g/mol. The van der Waals surface area contributed by atoms with Crippen molar-refractivity contribution in [3.63, 3.8) is 0 Å². The normalized spacial score (nSPS) is 13.9. The Balaban J connectivity index is 1.54. The highest BCUT2D eigenvalue weighted by Crippen LogP contribution is 2.47. The summed E-state index contributed by atoms with van der Waals surface area (Å²) < 4.78 is 17.4. The lowest BCUT2D eigenvalue weighted by Crippen LogP contribution is -2.23. The lowest BCUT2D eigenvalue weighted by Gasteiger charge is -2.16. The Morgan fingerprint density at radius 3 is 2.29 bits per heavy atom. The highest BCUT2D eigenvalue weighted by atomic mass is 31.2. The number of benzene rings is 2. The SMILES string of the molecule is CCC(C)OP(=O)(O)Cc1ccc(CNC(=O)c2cnc(-c3ccccc3)nc2)cc1. The van der Waals surface area contributed by atoms with Crippen LogP contribution in [0.25, 0.3) is 11.4 Å². The summed E-state index contributed by atoms with van der Waals surface area (Å²) in [6.45, 7) is 3.99. The molecule has 0 saturated heterocycles. The van der Waals surface area contributed by atoms with Crippen molar-refractivity contribution in [2.45, 2.75) is 39.1 Å². The Labute approximate surface area is 182 Å². The van der Waals surface area contributed by atoms with Gasteiger partial charge in [0.2, 0.25) is 0 Å². The first-order chi connectivity index (χ1) is 14.9. The maximum absolute atomic E-state index is 12.4. The molecular weight excluding hydrogens is 413 g/mol. The number of hydrogen-bond acceptors (Lipinski definition) is 5. The van der Waals surface area contributed by atoms with Gasteiger partial charge in [-0.1, -0.05) is 61.5 Å². The van der Waals surface area contributed by atoms with E-state index in [4.69, 9.17) is 4.52 Å². The van der Waals surface area contributed by atoms with Crippen LogP contribution >= 0.6 is 7.60 Å². The predicted molar refractivity (Wildman–Crippen MR) is 119 cm³/mol. The standard InChI is InChI=1S/C23H26N3O4P/c1-3-17(2)30-31(28,29)16-19-11-9-18(10-12-19)13-26-23(27)21-14-24-22(25-15-21)20-7-5-4-6-8-20/h4-12,14-15,17H,3,13,16H2,1-2H3,(H,26,27)(H,28,29). The van der Waals surface area contributed by atoms with Crippen molar-refractivity contribution in [3.05, 3.63) is 83.7 Å². The Morgan fingerprint density at radius 1 is 1.06 bits per heavy atom. The molecule has 1 amide bonds. The molecule has 8 heteroatoms. The van der Waals surface area contributed by atoms with E-state index in [1.54, 1.807) is 19.1 Å². The smallest absolute Gasteiger partial charge is 0.332 e. The third-order valence-corrected chi connectivity index (χ3v) is 6.18. The van der Waals surface area contributed by atoms with E-state index in [0.717, 1.165) is 11.1 Å². The zero-order valence-corrected chi connectivity index (χ0v) is 18.5. The highest BCUT2D eigenvalue weighted by molar-refractivity contribution is 7.51. The molecule has 7 nitrogen and oxygen atoms in total. The van der Waals surface area contributed by atoms with Crippen LogP contribution in [-0.2, 0) is 21.8 Å². The topological polar surface area (TPSA) is 101 Å². The maximum Gasteiger partial charge on any atom is 0.332 e. The van der Waals surface area contributed by atoms with Crippen LogP contribution in [0.15, 0.2) is 67.0 Å².